The van der Waals surface area contributed by atoms with Crippen molar-refractivity contribution in [2.45, 2.75) is 32.6 Å². The van der Waals surface area contributed by atoms with Gasteiger partial charge in [-0.3, -0.25) is 0 Å². The molecule has 0 aromatic heterocycles. The summed E-state index contributed by atoms with van der Waals surface area (Å²) in [5.41, 5.74) is 3.90. The van der Waals surface area contributed by atoms with Gasteiger partial charge in [-0.2, -0.15) is 0 Å². The van der Waals surface area contributed by atoms with E-state index in [-0.39, 0.29) is 0 Å². The third-order valence-electron chi connectivity index (χ3n) is 3.76. The van der Waals surface area contributed by atoms with Crippen LogP contribution in [0.2, 0.25) is 0 Å². The molecule has 1 aliphatic carbocycles. The number of aryl methyl sites for hydroxylation is 1. The third kappa shape index (κ3) is 3.15. The predicted octanol–water partition coefficient (Wildman–Crippen LogP) is 3.66. The normalized spacial score (nSPS) is 16.2. The molecule has 1 saturated carbocycles. The van der Waals surface area contributed by atoms with Crippen molar-refractivity contribution < 1.29 is 0 Å². The number of hydrogen-bond acceptors (Lipinski definition) is 2. The van der Waals surface area contributed by atoms with Gasteiger partial charge >= 0.3 is 0 Å². The van der Waals surface area contributed by atoms with Crippen molar-refractivity contribution in [3.63, 3.8) is 0 Å². The maximum Gasteiger partial charge on any atom is 0.0411 e. The van der Waals surface area contributed by atoms with Crippen LogP contribution >= 0.6 is 0 Å². The molecule has 94 valence electrons. The van der Waals surface area contributed by atoms with Crippen molar-refractivity contribution in [3.8, 4) is 0 Å². The Bertz CT molecular complexity index is 365. The zero-order chi connectivity index (χ0) is 12.3. The Hall–Kier alpha value is -1.18. The fourth-order valence-corrected chi connectivity index (χ4v) is 2.68. The summed E-state index contributed by atoms with van der Waals surface area (Å²) in [6.45, 7) is 3.30. The molecule has 1 aliphatic rings. The first-order valence-electron chi connectivity index (χ1n) is 6.68. The Morgan fingerprint density at radius 3 is 2.59 bits per heavy atom. The van der Waals surface area contributed by atoms with Gasteiger partial charge in [0.1, 0.15) is 0 Å². The molecule has 0 saturated heterocycles. The summed E-state index contributed by atoms with van der Waals surface area (Å²) in [7, 11) is 4.20. The fourth-order valence-electron chi connectivity index (χ4n) is 2.68. The van der Waals surface area contributed by atoms with Gasteiger partial charge in [0, 0.05) is 32.0 Å². The number of rotatable bonds is 4. The molecule has 2 nitrogen and oxygen atoms in total. The molecule has 17 heavy (non-hydrogen) atoms. The molecule has 0 aliphatic heterocycles. The zero-order valence-corrected chi connectivity index (χ0v) is 11.3. The molecule has 0 radical (unpaired) electrons. The van der Waals surface area contributed by atoms with Gasteiger partial charge in [-0.1, -0.05) is 18.9 Å². The van der Waals surface area contributed by atoms with Gasteiger partial charge in [-0.05, 0) is 43.4 Å². The summed E-state index contributed by atoms with van der Waals surface area (Å²) in [6.07, 6.45) is 5.64. The Morgan fingerprint density at radius 1 is 1.24 bits per heavy atom. The minimum atomic E-state index is 0.888. The highest BCUT2D eigenvalue weighted by atomic mass is 15.1. The molecule has 0 spiro atoms. The number of benzene rings is 1. The van der Waals surface area contributed by atoms with Crippen molar-refractivity contribution in [1.29, 1.82) is 0 Å². The molecule has 0 heterocycles. The maximum atomic E-state index is 3.58. The number of nitrogens with one attached hydrogen (secondary N) is 1. The molecule has 1 aromatic carbocycles. The molecule has 1 aromatic rings. The lowest BCUT2D eigenvalue weighted by Crippen LogP contribution is -2.13. The number of anilines is 2. The Morgan fingerprint density at radius 2 is 1.94 bits per heavy atom. The van der Waals surface area contributed by atoms with E-state index in [0.29, 0.717) is 0 Å². The van der Waals surface area contributed by atoms with Crippen LogP contribution < -0.4 is 10.2 Å². The summed E-state index contributed by atoms with van der Waals surface area (Å²) in [4.78, 5) is 2.18. The van der Waals surface area contributed by atoms with Crippen LogP contribution in [-0.4, -0.2) is 20.6 Å². The molecule has 2 rings (SSSR count). The summed E-state index contributed by atoms with van der Waals surface area (Å²) in [6, 6.07) is 6.65. The van der Waals surface area contributed by atoms with Gasteiger partial charge in [0.05, 0.1) is 0 Å². The van der Waals surface area contributed by atoms with E-state index in [1.54, 1.807) is 0 Å². The number of nitrogens with zero attached hydrogens (tertiary/aromatic N) is 1. The first-order chi connectivity index (χ1) is 8.16. The van der Waals surface area contributed by atoms with Crippen LogP contribution in [0.25, 0.3) is 0 Å². The average Bonchev–Trinajstić information content (AvgIpc) is 2.80. The second-order valence-electron chi connectivity index (χ2n) is 5.43. The lowest BCUT2D eigenvalue weighted by molar-refractivity contribution is 0.580. The smallest absolute Gasteiger partial charge is 0.0411 e. The average molecular weight is 232 g/mol. The predicted molar refractivity (Wildman–Crippen MR) is 76.0 cm³/mol. The summed E-state index contributed by atoms with van der Waals surface area (Å²) in [5, 5.41) is 3.58. The van der Waals surface area contributed by atoms with Gasteiger partial charge in [0.25, 0.3) is 0 Å². The molecule has 0 bridgehead atoms. The monoisotopic (exact) mass is 232 g/mol. The van der Waals surface area contributed by atoms with Crippen LogP contribution in [0, 0.1) is 12.8 Å². The largest absolute Gasteiger partial charge is 0.385 e. The van der Waals surface area contributed by atoms with Gasteiger partial charge in [-0.15, -0.1) is 0 Å². The number of hydrogen-bond donors (Lipinski definition) is 1. The van der Waals surface area contributed by atoms with Crippen LogP contribution in [0.1, 0.15) is 31.2 Å². The SMILES string of the molecule is Cc1ccc(NCC2CCCC2)cc1N(C)C. The quantitative estimate of drug-likeness (QED) is 0.852. The minimum Gasteiger partial charge on any atom is -0.385 e. The van der Waals surface area contributed by atoms with Crippen LogP contribution in [0.5, 0.6) is 0 Å². The highest BCUT2D eigenvalue weighted by molar-refractivity contribution is 5.61. The van der Waals surface area contributed by atoms with Crippen molar-refractivity contribution in [3.05, 3.63) is 23.8 Å². The summed E-state index contributed by atoms with van der Waals surface area (Å²) >= 11 is 0. The van der Waals surface area contributed by atoms with Crippen LogP contribution in [-0.2, 0) is 0 Å². The highest BCUT2D eigenvalue weighted by Crippen LogP contribution is 2.26. The Balaban J connectivity index is 1.98. The van der Waals surface area contributed by atoms with Crippen molar-refractivity contribution in [1.82, 2.24) is 0 Å². The summed E-state index contributed by atoms with van der Waals surface area (Å²) in [5.74, 6) is 0.888. The van der Waals surface area contributed by atoms with Crippen molar-refractivity contribution >= 4 is 11.4 Å². The Kier molecular flexibility index (Phi) is 3.93. The molecule has 0 amide bonds. The van der Waals surface area contributed by atoms with E-state index in [2.05, 4.69) is 49.4 Å². The van der Waals surface area contributed by atoms with Gasteiger partial charge in [0.15, 0.2) is 0 Å². The maximum absolute atomic E-state index is 3.58. The van der Waals surface area contributed by atoms with Gasteiger partial charge in [0.2, 0.25) is 0 Å². The molecule has 2 heteroatoms. The molecule has 0 unspecified atom stereocenters. The van der Waals surface area contributed by atoms with Gasteiger partial charge < -0.3 is 10.2 Å². The first kappa shape index (κ1) is 12.3. The van der Waals surface area contributed by atoms with E-state index in [1.165, 1.54) is 42.6 Å². The van der Waals surface area contributed by atoms with Crippen LogP contribution in [0.15, 0.2) is 18.2 Å². The molecular weight excluding hydrogens is 208 g/mol. The van der Waals surface area contributed by atoms with E-state index in [0.717, 1.165) is 12.5 Å². The first-order valence-corrected chi connectivity index (χ1v) is 6.68. The lowest BCUT2D eigenvalue weighted by atomic mass is 10.1. The van der Waals surface area contributed by atoms with Crippen molar-refractivity contribution in [2.75, 3.05) is 30.9 Å². The molecular formula is C15H24N2. The second-order valence-corrected chi connectivity index (χ2v) is 5.43. The van der Waals surface area contributed by atoms with E-state index in [9.17, 15) is 0 Å². The topological polar surface area (TPSA) is 15.3 Å². The molecule has 1 fully saturated rings. The zero-order valence-electron chi connectivity index (χ0n) is 11.3. The van der Waals surface area contributed by atoms with Crippen LogP contribution in [0.4, 0.5) is 11.4 Å². The van der Waals surface area contributed by atoms with E-state index in [1.807, 2.05) is 0 Å². The standard InChI is InChI=1S/C15H24N2/c1-12-8-9-14(10-15(12)17(2)3)16-11-13-6-4-5-7-13/h8-10,13,16H,4-7,11H2,1-3H3. The van der Waals surface area contributed by atoms with E-state index >= 15 is 0 Å². The van der Waals surface area contributed by atoms with Crippen LogP contribution in [0.3, 0.4) is 0 Å². The van der Waals surface area contributed by atoms with E-state index in [4.69, 9.17) is 0 Å². The molecule has 0 atom stereocenters. The highest BCUT2D eigenvalue weighted by Gasteiger charge is 2.14. The van der Waals surface area contributed by atoms with E-state index < -0.39 is 0 Å². The van der Waals surface area contributed by atoms with Crippen molar-refractivity contribution in [2.24, 2.45) is 5.92 Å². The lowest BCUT2D eigenvalue weighted by Gasteiger charge is -2.18. The fraction of sp³-hybridized carbons (Fsp3) is 0.600. The molecule has 1 N–H and O–H groups in total. The third-order valence-corrected chi connectivity index (χ3v) is 3.76. The summed E-state index contributed by atoms with van der Waals surface area (Å²) < 4.78 is 0. The van der Waals surface area contributed by atoms with Gasteiger partial charge in [-0.25, -0.2) is 0 Å². The second kappa shape index (κ2) is 5.44. The Labute approximate surface area is 105 Å². The minimum absolute atomic E-state index is 0.888.